The molecule has 0 radical (unpaired) electrons. The number of nitrogens with two attached hydrogens (primary N) is 1. The molecule has 0 bridgehead atoms. The third-order valence-corrected chi connectivity index (χ3v) is 4.67. The van der Waals surface area contributed by atoms with E-state index in [0.717, 1.165) is 25.7 Å². The Kier molecular flexibility index (Phi) is 4.94. The summed E-state index contributed by atoms with van der Waals surface area (Å²) in [5.41, 5.74) is 5.94. The summed E-state index contributed by atoms with van der Waals surface area (Å²) >= 11 is 0. The molecule has 0 heterocycles. The summed E-state index contributed by atoms with van der Waals surface area (Å²) in [6, 6.07) is -0.285. The van der Waals surface area contributed by atoms with Crippen molar-refractivity contribution in [1.29, 1.82) is 0 Å². The van der Waals surface area contributed by atoms with Gasteiger partial charge in [-0.3, -0.25) is 4.79 Å². The minimum atomic E-state index is -4.28. The van der Waals surface area contributed by atoms with Gasteiger partial charge in [0, 0.05) is 18.0 Å². The van der Waals surface area contributed by atoms with Gasteiger partial charge in [-0.15, -0.1) is 0 Å². The van der Waals surface area contributed by atoms with Crippen molar-refractivity contribution in [3.8, 4) is 0 Å². The zero-order chi connectivity index (χ0) is 14.8. The molecule has 0 aromatic rings. The van der Waals surface area contributed by atoms with Gasteiger partial charge in [-0.1, -0.05) is 25.7 Å². The summed E-state index contributed by atoms with van der Waals surface area (Å²) < 4.78 is 39.0. The Labute approximate surface area is 117 Å². The van der Waals surface area contributed by atoms with E-state index in [4.69, 9.17) is 5.73 Å². The maximum atomic E-state index is 13.0. The normalized spacial score (nSPS) is 35.6. The number of rotatable bonds is 2. The fourth-order valence-electron chi connectivity index (χ4n) is 3.46. The van der Waals surface area contributed by atoms with Gasteiger partial charge in [0.15, 0.2) is 0 Å². The number of amides is 1. The number of nitrogens with one attached hydrogen (secondary N) is 1. The van der Waals surface area contributed by atoms with Crippen molar-refractivity contribution in [2.75, 3.05) is 0 Å². The first-order valence-corrected chi connectivity index (χ1v) is 7.52. The van der Waals surface area contributed by atoms with Crippen molar-refractivity contribution in [3.63, 3.8) is 0 Å². The highest BCUT2D eigenvalue weighted by atomic mass is 19.4. The molecule has 0 aliphatic heterocycles. The molecule has 116 valence electrons. The van der Waals surface area contributed by atoms with Gasteiger partial charge in [-0.25, -0.2) is 0 Å². The Balaban J connectivity index is 1.99. The molecule has 2 fully saturated rings. The third-order valence-electron chi connectivity index (χ3n) is 4.67. The summed E-state index contributed by atoms with van der Waals surface area (Å²) in [5, 5.41) is 2.78. The molecule has 6 heteroatoms. The molecule has 20 heavy (non-hydrogen) atoms. The predicted molar refractivity (Wildman–Crippen MR) is 69.9 cm³/mol. The maximum Gasteiger partial charge on any atom is 0.392 e. The van der Waals surface area contributed by atoms with Gasteiger partial charge < -0.3 is 11.1 Å². The number of carbonyl (C=O) groups excluding carboxylic acids is 1. The SMILES string of the molecule is NC1CCCCC1NC(=O)C1CCCCC1C(F)(F)F. The minimum Gasteiger partial charge on any atom is -0.352 e. The molecule has 2 saturated carbocycles. The van der Waals surface area contributed by atoms with Crippen LogP contribution in [0.5, 0.6) is 0 Å². The first-order valence-electron chi connectivity index (χ1n) is 7.52. The monoisotopic (exact) mass is 292 g/mol. The van der Waals surface area contributed by atoms with Crippen molar-refractivity contribution in [3.05, 3.63) is 0 Å². The molecule has 0 aromatic carbocycles. The average molecular weight is 292 g/mol. The Morgan fingerprint density at radius 1 is 1.00 bits per heavy atom. The van der Waals surface area contributed by atoms with Gasteiger partial charge in [0.25, 0.3) is 0 Å². The van der Waals surface area contributed by atoms with Gasteiger partial charge in [-0.2, -0.15) is 13.2 Å². The van der Waals surface area contributed by atoms with E-state index in [1.54, 1.807) is 0 Å². The van der Waals surface area contributed by atoms with Crippen molar-refractivity contribution in [1.82, 2.24) is 5.32 Å². The first-order chi connectivity index (χ1) is 9.39. The summed E-state index contributed by atoms with van der Waals surface area (Å²) in [6.07, 6.45) is 0.981. The quantitative estimate of drug-likeness (QED) is 0.822. The summed E-state index contributed by atoms with van der Waals surface area (Å²) in [6.45, 7) is 0. The lowest BCUT2D eigenvalue weighted by atomic mass is 9.78. The molecule has 0 aromatic heterocycles. The fourth-order valence-corrected chi connectivity index (χ4v) is 3.46. The highest BCUT2D eigenvalue weighted by molar-refractivity contribution is 5.79. The van der Waals surface area contributed by atoms with Gasteiger partial charge in [0.05, 0.1) is 5.92 Å². The van der Waals surface area contributed by atoms with Crippen LogP contribution in [-0.2, 0) is 4.79 Å². The summed E-state index contributed by atoms with van der Waals surface area (Å²) in [4.78, 5) is 12.2. The first kappa shape index (κ1) is 15.6. The van der Waals surface area contributed by atoms with Crippen LogP contribution in [0.2, 0.25) is 0 Å². The Morgan fingerprint density at radius 3 is 2.25 bits per heavy atom. The summed E-state index contributed by atoms with van der Waals surface area (Å²) in [5.74, 6) is -2.87. The molecule has 4 unspecified atom stereocenters. The molecule has 0 saturated heterocycles. The van der Waals surface area contributed by atoms with Crippen molar-refractivity contribution in [2.45, 2.75) is 69.6 Å². The lowest BCUT2D eigenvalue weighted by Crippen LogP contribution is -2.52. The Bertz CT molecular complexity index is 346. The smallest absolute Gasteiger partial charge is 0.352 e. The van der Waals surface area contributed by atoms with E-state index in [1.807, 2.05) is 0 Å². The molecule has 3 nitrogen and oxygen atoms in total. The summed E-state index contributed by atoms with van der Waals surface area (Å²) in [7, 11) is 0. The number of hydrogen-bond donors (Lipinski definition) is 2. The van der Waals surface area contributed by atoms with Gasteiger partial charge in [-0.05, 0) is 25.7 Å². The average Bonchev–Trinajstić information content (AvgIpc) is 2.40. The zero-order valence-electron chi connectivity index (χ0n) is 11.6. The highest BCUT2D eigenvalue weighted by Gasteiger charge is 2.48. The molecule has 4 atom stereocenters. The van der Waals surface area contributed by atoms with E-state index in [9.17, 15) is 18.0 Å². The highest BCUT2D eigenvalue weighted by Crippen LogP contribution is 2.41. The molecular weight excluding hydrogens is 269 g/mol. The van der Waals surface area contributed by atoms with E-state index in [1.165, 1.54) is 0 Å². The van der Waals surface area contributed by atoms with Crippen molar-refractivity contribution in [2.24, 2.45) is 17.6 Å². The predicted octanol–water partition coefficient (Wildman–Crippen LogP) is 2.74. The van der Waals surface area contributed by atoms with Crippen LogP contribution in [0, 0.1) is 11.8 Å². The molecule has 2 rings (SSSR count). The second-order valence-electron chi connectivity index (χ2n) is 6.10. The standard InChI is InChI=1S/C14H23F3N2O/c15-14(16,17)10-6-2-1-5-9(10)13(20)19-12-8-4-3-7-11(12)18/h9-12H,1-8,18H2,(H,19,20). The largest absolute Gasteiger partial charge is 0.392 e. The van der Waals surface area contributed by atoms with Gasteiger partial charge in [0.1, 0.15) is 0 Å². The van der Waals surface area contributed by atoms with Crippen LogP contribution in [-0.4, -0.2) is 24.2 Å². The maximum absolute atomic E-state index is 13.0. The van der Waals surface area contributed by atoms with Crippen LogP contribution in [0.25, 0.3) is 0 Å². The Morgan fingerprint density at radius 2 is 1.60 bits per heavy atom. The second-order valence-corrected chi connectivity index (χ2v) is 6.10. The number of hydrogen-bond acceptors (Lipinski definition) is 2. The van der Waals surface area contributed by atoms with Gasteiger partial charge in [0.2, 0.25) is 5.91 Å². The number of carbonyl (C=O) groups is 1. The van der Waals surface area contributed by atoms with E-state index < -0.39 is 23.9 Å². The second kappa shape index (κ2) is 6.33. The molecule has 2 aliphatic carbocycles. The Hall–Kier alpha value is -0.780. The van der Waals surface area contributed by atoms with Crippen molar-refractivity contribution < 1.29 is 18.0 Å². The lowest BCUT2D eigenvalue weighted by Gasteiger charge is -2.35. The van der Waals surface area contributed by atoms with Crippen LogP contribution >= 0.6 is 0 Å². The van der Waals surface area contributed by atoms with E-state index >= 15 is 0 Å². The minimum absolute atomic E-state index is 0.0678. The molecular formula is C14H23F3N2O. The lowest BCUT2D eigenvalue weighted by molar-refractivity contribution is -0.198. The third kappa shape index (κ3) is 3.65. The van der Waals surface area contributed by atoms with Crippen LogP contribution < -0.4 is 11.1 Å². The number of alkyl halides is 3. The van der Waals surface area contributed by atoms with Crippen LogP contribution in [0.4, 0.5) is 13.2 Å². The van der Waals surface area contributed by atoms with Crippen molar-refractivity contribution >= 4 is 5.91 Å². The van der Waals surface area contributed by atoms with E-state index in [2.05, 4.69) is 5.32 Å². The van der Waals surface area contributed by atoms with Crippen LogP contribution in [0.1, 0.15) is 51.4 Å². The fraction of sp³-hybridized carbons (Fsp3) is 0.929. The van der Waals surface area contributed by atoms with Gasteiger partial charge >= 0.3 is 6.18 Å². The molecule has 3 N–H and O–H groups in total. The van der Waals surface area contributed by atoms with E-state index in [-0.39, 0.29) is 18.5 Å². The molecule has 2 aliphatic rings. The van der Waals surface area contributed by atoms with E-state index in [0.29, 0.717) is 19.3 Å². The van der Waals surface area contributed by atoms with Crippen LogP contribution in [0.15, 0.2) is 0 Å². The van der Waals surface area contributed by atoms with Crippen LogP contribution in [0.3, 0.4) is 0 Å². The number of halogens is 3. The zero-order valence-corrected chi connectivity index (χ0v) is 11.6. The topological polar surface area (TPSA) is 55.1 Å². The molecule has 1 amide bonds. The molecule has 0 spiro atoms.